The first-order chi connectivity index (χ1) is 12.2. The summed E-state index contributed by atoms with van der Waals surface area (Å²) in [6.45, 7) is 0.817. The van der Waals surface area contributed by atoms with E-state index in [0.29, 0.717) is 47.3 Å². The molecule has 0 aromatic heterocycles. The van der Waals surface area contributed by atoms with Gasteiger partial charge in [-0.25, -0.2) is 0 Å². The summed E-state index contributed by atoms with van der Waals surface area (Å²) < 4.78 is 21.5. The molecule has 0 spiro atoms. The van der Waals surface area contributed by atoms with E-state index in [1.165, 1.54) is 7.11 Å². The lowest BCUT2D eigenvalue weighted by Crippen LogP contribution is -2.18. The van der Waals surface area contributed by atoms with Crippen LogP contribution >= 0.6 is 0 Å². The van der Waals surface area contributed by atoms with Crippen LogP contribution in [0.5, 0.6) is 23.0 Å². The van der Waals surface area contributed by atoms with E-state index in [-0.39, 0.29) is 5.78 Å². The predicted molar refractivity (Wildman–Crippen MR) is 89.7 cm³/mol. The molecule has 2 aromatic carbocycles. The Kier molecular flexibility index (Phi) is 4.75. The number of hydrogen-bond acceptors (Lipinski definition) is 6. The highest BCUT2D eigenvalue weighted by molar-refractivity contribution is 6.03. The van der Waals surface area contributed by atoms with Crippen molar-refractivity contribution in [3.8, 4) is 29.1 Å². The van der Waals surface area contributed by atoms with Crippen molar-refractivity contribution >= 4 is 5.78 Å². The molecule has 3 rings (SSSR count). The number of hydrogen-bond donors (Lipinski definition) is 0. The largest absolute Gasteiger partial charge is 0.497 e. The van der Waals surface area contributed by atoms with E-state index in [1.54, 1.807) is 43.5 Å². The van der Waals surface area contributed by atoms with Crippen molar-refractivity contribution in [2.75, 3.05) is 27.4 Å². The number of carbonyl (C=O) groups is 1. The van der Waals surface area contributed by atoms with Crippen molar-refractivity contribution in [1.29, 1.82) is 5.26 Å². The summed E-state index contributed by atoms with van der Waals surface area (Å²) in [5.74, 6) is 0.727. The quantitative estimate of drug-likeness (QED) is 0.780. The van der Waals surface area contributed by atoms with E-state index in [4.69, 9.17) is 18.9 Å². The number of ketones is 1. The molecule has 6 heteroatoms. The maximum atomic E-state index is 12.9. The second-order valence-corrected chi connectivity index (χ2v) is 5.40. The number of rotatable bonds is 5. The van der Waals surface area contributed by atoms with Crippen molar-refractivity contribution in [1.82, 2.24) is 0 Å². The van der Waals surface area contributed by atoms with Gasteiger partial charge >= 0.3 is 0 Å². The molecule has 0 bridgehead atoms. The molecule has 128 valence electrons. The molecule has 0 N–H and O–H groups in total. The van der Waals surface area contributed by atoms with Gasteiger partial charge in [0.25, 0.3) is 0 Å². The Morgan fingerprint density at radius 3 is 2.48 bits per heavy atom. The van der Waals surface area contributed by atoms with Gasteiger partial charge in [-0.15, -0.1) is 0 Å². The summed E-state index contributed by atoms with van der Waals surface area (Å²) in [4.78, 5) is 12.9. The normalized spacial score (nSPS) is 13.5. The summed E-state index contributed by atoms with van der Waals surface area (Å²) in [5.41, 5.74) is 0.936. The van der Waals surface area contributed by atoms with Crippen LogP contribution in [0.3, 0.4) is 0 Å². The minimum absolute atomic E-state index is 0.331. The lowest BCUT2D eigenvalue weighted by Gasteiger charge is -2.21. The van der Waals surface area contributed by atoms with E-state index in [0.717, 1.165) is 0 Å². The maximum absolute atomic E-state index is 12.9. The van der Waals surface area contributed by atoms with Crippen LogP contribution in [0.4, 0.5) is 0 Å². The maximum Gasteiger partial charge on any atom is 0.203 e. The number of nitriles is 1. The van der Waals surface area contributed by atoms with Gasteiger partial charge in [-0.05, 0) is 29.8 Å². The minimum atomic E-state index is -0.932. The first kappa shape index (κ1) is 16.7. The molecule has 1 aliphatic heterocycles. The lowest BCUT2D eigenvalue weighted by atomic mass is 9.91. The molecular weight excluding hydrogens is 322 g/mol. The third kappa shape index (κ3) is 3.22. The first-order valence-corrected chi connectivity index (χ1v) is 7.73. The number of Topliss-reactive ketones (excluding diaryl/α,β-unsaturated/α-hetero) is 1. The zero-order valence-electron chi connectivity index (χ0n) is 13.9. The van der Waals surface area contributed by atoms with Crippen molar-refractivity contribution in [3.05, 3.63) is 47.5 Å². The average molecular weight is 339 g/mol. The topological polar surface area (TPSA) is 77.8 Å². The van der Waals surface area contributed by atoms with Gasteiger partial charge in [-0.2, -0.15) is 5.26 Å². The Balaban J connectivity index is 1.96. The van der Waals surface area contributed by atoms with Crippen molar-refractivity contribution < 1.29 is 23.7 Å². The molecule has 0 fully saturated rings. The monoisotopic (exact) mass is 339 g/mol. The lowest BCUT2D eigenvalue weighted by molar-refractivity contribution is 0.0977. The first-order valence-electron chi connectivity index (χ1n) is 7.73. The molecule has 6 nitrogen and oxygen atoms in total. The summed E-state index contributed by atoms with van der Waals surface area (Å²) in [6.07, 6.45) is 0. The van der Waals surface area contributed by atoms with Gasteiger partial charge in [0.2, 0.25) is 5.75 Å². The Morgan fingerprint density at radius 1 is 1.12 bits per heavy atom. The molecule has 1 atom stereocenters. The highest BCUT2D eigenvalue weighted by Crippen LogP contribution is 2.41. The van der Waals surface area contributed by atoms with E-state index in [1.807, 2.05) is 0 Å². The molecule has 1 unspecified atom stereocenters. The number of benzene rings is 2. The van der Waals surface area contributed by atoms with Crippen LogP contribution in [0.15, 0.2) is 36.4 Å². The zero-order chi connectivity index (χ0) is 17.8. The molecule has 1 heterocycles. The molecule has 0 aliphatic carbocycles. The van der Waals surface area contributed by atoms with Crippen LogP contribution in [-0.2, 0) is 0 Å². The van der Waals surface area contributed by atoms with Crippen LogP contribution in [-0.4, -0.2) is 33.2 Å². The molecule has 0 saturated heterocycles. The average Bonchev–Trinajstić information content (AvgIpc) is 2.68. The van der Waals surface area contributed by atoms with Crippen molar-refractivity contribution in [3.63, 3.8) is 0 Å². The molecule has 0 amide bonds. The van der Waals surface area contributed by atoms with E-state index in [2.05, 4.69) is 6.07 Å². The Labute approximate surface area is 145 Å². The number of carbonyl (C=O) groups excluding carboxylic acids is 1. The highest BCUT2D eigenvalue weighted by Gasteiger charge is 2.26. The van der Waals surface area contributed by atoms with Gasteiger partial charge in [0.1, 0.15) is 24.9 Å². The SMILES string of the molecule is COc1ccc(C(C#N)C(=O)c2cc(OC)c3c(c2)OCCO3)cc1. The highest BCUT2D eigenvalue weighted by atomic mass is 16.6. The van der Waals surface area contributed by atoms with Gasteiger partial charge in [-0.1, -0.05) is 12.1 Å². The predicted octanol–water partition coefficient (Wildman–Crippen LogP) is 2.97. The minimum Gasteiger partial charge on any atom is -0.497 e. The van der Waals surface area contributed by atoms with Crippen LogP contribution in [0.25, 0.3) is 0 Å². The standard InChI is InChI=1S/C19H17NO5/c1-22-14-5-3-12(4-6-14)15(11-20)18(21)13-9-16(23-2)19-17(10-13)24-7-8-25-19/h3-6,9-10,15H,7-8H2,1-2H3. The fourth-order valence-electron chi connectivity index (χ4n) is 2.66. The molecule has 0 radical (unpaired) electrons. The van der Waals surface area contributed by atoms with E-state index >= 15 is 0 Å². The van der Waals surface area contributed by atoms with Gasteiger partial charge in [0.05, 0.1) is 20.3 Å². The smallest absolute Gasteiger partial charge is 0.203 e. The second-order valence-electron chi connectivity index (χ2n) is 5.40. The van der Waals surface area contributed by atoms with Gasteiger partial charge in [0.15, 0.2) is 17.3 Å². The van der Waals surface area contributed by atoms with E-state index in [9.17, 15) is 10.1 Å². The fourth-order valence-corrected chi connectivity index (χ4v) is 2.66. The summed E-state index contributed by atoms with van der Waals surface area (Å²) >= 11 is 0. The van der Waals surface area contributed by atoms with Crippen LogP contribution in [0, 0.1) is 11.3 Å². The number of methoxy groups -OCH3 is 2. The summed E-state index contributed by atoms with van der Waals surface area (Å²) in [5, 5.41) is 9.51. The third-order valence-corrected chi connectivity index (χ3v) is 3.95. The van der Waals surface area contributed by atoms with Gasteiger partial charge in [0, 0.05) is 5.56 Å². The van der Waals surface area contributed by atoms with Crippen LogP contribution < -0.4 is 18.9 Å². The molecule has 1 aliphatic rings. The number of nitrogens with zero attached hydrogens (tertiary/aromatic N) is 1. The summed E-state index contributed by atoms with van der Waals surface area (Å²) in [6, 6.07) is 12.1. The Morgan fingerprint density at radius 2 is 1.84 bits per heavy atom. The van der Waals surface area contributed by atoms with Gasteiger partial charge in [-0.3, -0.25) is 4.79 Å². The van der Waals surface area contributed by atoms with Gasteiger partial charge < -0.3 is 18.9 Å². The second kappa shape index (κ2) is 7.14. The summed E-state index contributed by atoms with van der Waals surface area (Å²) in [7, 11) is 3.05. The van der Waals surface area contributed by atoms with Crippen molar-refractivity contribution in [2.45, 2.75) is 5.92 Å². The fraction of sp³-hybridized carbons (Fsp3) is 0.263. The molecular formula is C19H17NO5. The Bertz CT molecular complexity index is 806. The van der Waals surface area contributed by atoms with Crippen LogP contribution in [0.2, 0.25) is 0 Å². The molecule has 25 heavy (non-hydrogen) atoms. The third-order valence-electron chi connectivity index (χ3n) is 3.95. The van der Waals surface area contributed by atoms with Crippen LogP contribution in [0.1, 0.15) is 21.8 Å². The Hall–Kier alpha value is -3.20. The number of fused-ring (bicyclic) bond motifs is 1. The van der Waals surface area contributed by atoms with Crippen molar-refractivity contribution in [2.24, 2.45) is 0 Å². The molecule has 0 saturated carbocycles. The zero-order valence-corrected chi connectivity index (χ0v) is 13.9. The number of ether oxygens (including phenoxy) is 4. The van der Waals surface area contributed by atoms with E-state index < -0.39 is 5.92 Å². The molecule has 2 aromatic rings.